The highest BCUT2D eigenvalue weighted by atomic mass is 16.7. The third kappa shape index (κ3) is 6.27. The molecule has 12 nitrogen and oxygen atoms in total. The van der Waals surface area contributed by atoms with Gasteiger partial charge in [-0.1, -0.05) is 53.1 Å². The number of ether oxygens (including phenoxy) is 4. The summed E-state index contributed by atoms with van der Waals surface area (Å²) in [7, 11) is 0. The molecule has 5 aromatic rings. The number of carbonyl (C=O) groups is 3. The van der Waals surface area contributed by atoms with E-state index in [0.29, 0.717) is 16.6 Å². The number of nitrogens with one attached hydrogen (secondary N) is 1. The number of aromatic nitrogens is 4. The standard InChI is InChI=1S/C35H33N5O7/c1-19-5-11-22(12-6-19)32(41)44-17-25-29(46-33(42)23-13-7-20(2)8-14-23)35(4,47-34(43)24-15-9-21(3)10-16-24)30(45-25)27-26-28(40-39-27)31(36)38-18-37-26/h5-16,18,25,29-30H,17H2,1-4H3,(H,39,40)(H2,36,37,38)/t25?,29-,30+,35-/m1/s1. The maximum atomic E-state index is 13.7. The molecule has 3 aromatic carbocycles. The van der Waals surface area contributed by atoms with Crippen molar-refractivity contribution in [1.82, 2.24) is 20.2 Å². The molecular formula is C35H33N5O7. The molecule has 3 N–H and O–H groups in total. The number of nitrogens with two attached hydrogens (primary N) is 1. The summed E-state index contributed by atoms with van der Waals surface area (Å²) in [6, 6.07) is 20.6. The van der Waals surface area contributed by atoms with Crippen LogP contribution in [0.2, 0.25) is 0 Å². The normalized spacial score (nSPS) is 20.6. The van der Waals surface area contributed by atoms with Crippen molar-refractivity contribution in [1.29, 1.82) is 0 Å². The lowest BCUT2D eigenvalue weighted by Gasteiger charge is -2.34. The van der Waals surface area contributed by atoms with E-state index in [0.717, 1.165) is 16.7 Å². The average molecular weight is 636 g/mol. The van der Waals surface area contributed by atoms with Crippen LogP contribution in [0.1, 0.15) is 66.5 Å². The number of fused-ring (bicyclic) bond motifs is 1. The van der Waals surface area contributed by atoms with Gasteiger partial charge in [-0.25, -0.2) is 24.4 Å². The quantitative estimate of drug-likeness (QED) is 0.174. The first-order chi connectivity index (χ1) is 22.5. The monoisotopic (exact) mass is 635 g/mol. The second kappa shape index (κ2) is 12.6. The van der Waals surface area contributed by atoms with Crippen LogP contribution >= 0.6 is 0 Å². The molecule has 3 heterocycles. The summed E-state index contributed by atoms with van der Waals surface area (Å²) in [5, 5.41) is 7.25. The van der Waals surface area contributed by atoms with Gasteiger partial charge in [-0.2, -0.15) is 5.10 Å². The van der Waals surface area contributed by atoms with Gasteiger partial charge in [0.1, 0.15) is 41.9 Å². The van der Waals surface area contributed by atoms with Crippen LogP contribution in [-0.4, -0.2) is 62.5 Å². The van der Waals surface area contributed by atoms with E-state index in [1.807, 2.05) is 20.8 Å². The zero-order valence-electron chi connectivity index (χ0n) is 26.2. The third-order valence-electron chi connectivity index (χ3n) is 8.18. The van der Waals surface area contributed by atoms with Gasteiger partial charge in [-0.15, -0.1) is 0 Å². The summed E-state index contributed by atoms with van der Waals surface area (Å²) in [4.78, 5) is 48.7. The molecule has 0 saturated carbocycles. The molecule has 0 amide bonds. The van der Waals surface area contributed by atoms with E-state index in [9.17, 15) is 14.4 Å². The lowest BCUT2D eigenvalue weighted by atomic mass is 9.89. The van der Waals surface area contributed by atoms with Crippen molar-refractivity contribution in [3.05, 3.63) is 118 Å². The molecule has 0 aliphatic carbocycles. The molecule has 240 valence electrons. The third-order valence-corrected chi connectivity index (χ3v) is 8.18. The number of aromatic amines is 1. The molecule has 2 aromatic heterocycles. The Bertz CT molecular complexity index is 1940. The van der Waals surface area contributed by atoms with Crippen molar-refractivity contribution in [3.63, 3.8) is 0 Å². The number of esters is 3. The van der Waals surface area contributed by atoms with Gasteiger partial charge >= 0.3 is 17.9 Å². The van der Waals surface area contributed by atoms with Crippen molar-refractivity contribution in [2.24, 2.45) is 0 Å². The first-order valence-electron chi connectivity index (χ1n) is 14.9. The highest BCUT2D eigenvalue weighted by molar-refractivity contribution is 5.91. The fourth-order valence-electron chi connectivity index (χ4n) is 5.47. The van der Waals surface area contributed by atoms with Crippen molar-refractivity contribution < 1.29 is 33.3 Å². The summed E-state index contributed by atoms with van der Waals surface area (Å²) in [6.07, 6.45) is -2.24. The number of hydrogen-bond acceptors (Lipinski definition) is 11. The SMILES string of the molecule is Cc1ccc(C(=O)OCC2O[C@@H](c3n[nH]c4c(N)ncnc34)[C@](C)(OC(=O)c3ccc(C)cc3)[C@@H]2OC(=O)c2ccc(C)cc2)cc1. The highest BCUT2D eigenvalue weighted by Gasteiger charge is 2.61. The molecule has 0 radical (unpaired) electrons. The summed E-state index contributed by atoms with van der Waals surface area (Å²) < 4.78 is 24.5. The molecule has 12 heteroatoms. The van der Waals surface area contributed by atoms with E-state index in [2.05, 4.69) is 20.2 Å². The molecule has 47 heavy (non-hydrogen) atoms. The lowest BCUT2D eigenvalue weighted by molar-refractivity contribution is -0.0894. The number of anilines is 1. The van der Waals surface area contributed by atoms with Crippen LogP contribution < -0.4 is 5.73 Å². The minimum Gasteiger partial charge on any atom is -0.459 e. The maximum Gasteiger partial charge on any atom is 0.338 e. The van der Waals surface area contributed by atoms with Crippen LogP contribution in [0.15, 0.2) is 79.1 Å². The van der Waals surface area contributed by atoms with E-state index in [4.69, 9.17) is 24.7 Å². The molecular weight excluding hydrogens is 602 g/mol. The van der Waals surface area contributed by atoms with Gasteiger partial charge < -0.3 is 24.7 Å². The first kappa shape index (κ1) is 31.4. The Labute approximate surface area is 270 Å². The topological polar surface area (TPSA) is 169 Å². The fraction of sp³-hybridized carbons (Fsp3) is 0.257. The van der Waals surface area contributed by atoms with Crippen molar-refractivity contribution in [2.75, 3.05) is 12.3 Å². The molecule has 0 spiro atoms. The Kier molecular flexibility index (Phi) is 8.44. The van der Waals surface area contributed by atoms with Crippen LogP contribution in [0.25, 0.3) is 11.0 Å². The Morgan fingerprint density at radius 1 is 0.809 bits per heavy atom. The molecule has 1 fully saturated rings. The van der Waals surface area contributed by atoms with Crippen molar-refractivity contribution in [3.8, 4) is 0 Å². The smallest absolute Gasteiger partial charge is 0.338 e. The Morgan fingerprint density at radius 2 is 1.34 bits per heavy atom. The predicted octanol–water partition coefficient (Wildman–Crippen LogP) is 5.00. The number of carbonyl (C=O) groups excluding carboxylic acids is 3. The average Bonchev–Trinajstić information content (AvgIpc) is 3.60. The number of hydrogen-bond donors (Lipinski definition) is 2. The minimum absolute atomic E-state index is 0.149. The van der Waals surface area contributed by atoms with Gasteiger partial charge in [-0.3, -0.25) is 5.10 Å². The summed E-state index contributed by atoms with van der Waals surface area (Å²) in [5.74, 6) is -1.84. The van der Waals surface area contributed by atoms with Crippen LogP contribution in [0.3, 0.4) is 0 Å². The van der Waals surface area contributed by atoms with Gasteiger partial charge in [0.15, 0.2) is 17.5 Å². The largest absolute Gasteiger partial charge is 0.459 e. The lowest BCUT2D eigenvalue weighted by Crippen LogP contribution is -2.49. The Morgan fingerprint density at radius 3 is 1.91 bits per heavy atom. The minimum atomic E-state index is -1.70. The van der Waals surface area contributed by atoms with E-state index in [-0.39, 0.29) is 29.2 Å². The summed E-state index contributed by atoms with van der Waals surface area (Å²) in [6.45, 7) is 6.95. The zero-order valence-corrected chi connectivity index (χ0v) is 26.2. The predicted molar refractivity (Wildman–Crippen MR) is 171 cm³/mol. The van der Waals surface area contributed by atoms with Gasteiger partial charge in [-0.05, 0) is 64.1 Å². The van der Waals surface area contributed by atoms with Gasteiger partial charge in [0.2, 0.25) is 0 Å². The highest BCUT2D eigenvalue weighted by Crippen LogP contribution is 2.47. The molecule has 0 bridgehead atoms. The summed E-state index contributed by atoms with van der Waals surface area (Å²) in [5.41, 5.74) is 9.03. The Balaban J connectivity index is 1.41. The molecule has 4 atom stereocenters. The first-order valence-corrected chi connectivity index (χ1v) is 14.9. The number of nitrogen functional groups attached to an aromatic ring is 1. The number of benzene rings is 3. The second-order valence-corrected chi connectivity index (χ2v) is 11.7. The maximum absolute atomic E-state index is 13.7. The second-order valence-electron chi connectivity index (χ2n) is 11.7. The van der Waals surface area contributed by atoms with Gasteiger partial charge in [0, 0.05) is 0 Å². The van der Waals surface area contributed by atoms with E-state index >= 15 is 0 Å². The van der Waals surface area contributed by atoms with E-state index < -0.39 is 41.8 Å². The van der Waals surface area contributed by atoms with Crippen LogP contribution in [0.5, 0.6) is 0 Å². The fourth-order valence-corrected chi connectivity index (χ4v) is 5.47. The molecule has 1 aliphatic rings. The van der Waals surface area contributed by atoms with Crippen molar-refractivity contribution in [2.45, 2.75) is 51.6 Å². The van der Waals surface area contributed by atoms with E-state index in [1.165, 1.54) is 6.33 Å². The number of H-pyrrole nitrogens is 1. The Hall–Kier alpha value is -5.62. The van der Waals surface area contributed by atoms with Crippen molar-refractivity contribution >= 4 is 34.8 Å². The van der Waals surface area contributed by atoms with Gasteiger partial charge in [0.05, 0.1) is 16.7 Å². The molecule has 1 unspecified atom stereocenters. The number of aryl methyl sites for hydroxylation is 3. The van der Waals surface area contributed by atoms with Crippen LogP contribution in [0.4, 0.5) is 5.82 Å². The summed E-state index contributed by atoms with van der Waals surface area (Å²) >= 11 is 0. The van der Waals surface area contributed by atoms with Gasteiger partial charge in [0.25, 0.3) is 0 Å². The van der Waals surface area contributed by atoms with E-state index in [1.54, 1.807) is 79.7 Å². The molecule has 1 saturated heterocycles. The molecule has 1 aliphatic heterocycles. The zero-order chi connectivity index (χ0) is 33.3. The van der Waals surface area contributed by atoms with Crippen LogP contribution in [-0.2, 0) is 18.9 Å². The number of nitrogens with zero attached hydrogens (tertiary/aromatic N) is 3. The molecule has 6 rings (SSSR count). The number of rotatable bonds is 8. The van der Waals surface area contributed by atoms with Crippen LogP contribution in [0, 0.1) is 20.8 Å².